The molecule has 12 heteroatoms. The van der Waals surface area contributed by atoms with Crippen LogP contribution in [0.5, 0.6) is 11.5 Å². The van der Waals surface area contributed by atoms with Crippen molar-refractivity contribution >= 4 is 20.9 Å². The van der Waals surface area contributed by atoms with Crippen molar-refractivity contribution < 1.29 is 32.4 Å². The molecule has 0 saturated carbocycles. The van der Waals surface area contributed by atoms with Gasteiger partial charge in [0.15, 0.2) is 21.4 Å². The van der Waals surface area contributed by atoms with Gasteiger partial charge in [-0.3, -0.25) is 9.80 Å². The predicted molar refractivity (Wildman–Crippen MR) is 124 cm³/mol. The second-order valence-corrected chi connectivity index (χ2v) is 11.2. The Morgan fingerprint density at radius 3 is 2.53 bits per heavy atom. The smallest absolute Gasteiger partial charge is 0.395 e. The summed E-state index contributed by atoms with van der Waals surface area (Å²) in [6, 6.07) is 1.29. The number of hydrazone groups is 1. The van der Waals surface area contributed by atoms with Gasteiger partial charge in [0.2, 0.25) is 0 Å². The highest BCUT2D eigenvalue weighted by atomic mass is 32.2. The third-order valence-electron chi connectivity index (χ3n) is 5.65. The number of carbonyl (C=O) groups is 1. The van der Waals surface area contributed by atoms with Crippen LogP contribution in [-0.2, 0) is 21.1 Å². The zero-order valence-corrected chi connectivity index (χ0v) is 21.0. The summed E-state index contributed by atoms with van der Waals surface area (Å²) < 4.78 is 54.0. The molecule has 0 aliphatic carbocycles. The van der Waals surface area contributed by atoms with E-state index in [4.69, 9.17) is 9.88 Å². The van der Waals surface area contributed by atoms with E-state index < -0.39 is 28.2 Å². The number of carbonyl (C=O) groups excluding carboxylic acids is 1. The molecule has 0 spiro atoms. The van der Waals surface area contributed by atoms with Crippen LogP contribution in [0.25, 0.3) is 0 Å². The summed E-state index contributed by atoms with van der Waals surface area (Å²) in [5.74, 6) is -1.35. The van der Waals surface area contributed by atoms with Crippen LogP contribution in [0.1, 0.15) is 76.5 Å². The van der Waals surface area contributed by atoms with Crippen LogP contribution < -0.4 is 14.6 Å². The van der Waals surface area contributed by atoms with Gasteiger partial charge in [-0.1, -0.05) is 27.7 Å². The highest BCUT2D eigenvalue weighted by Crippen LogP contribution is 2.49. The Kier molecular flexibility index (Phi) is 7.26. The maximum atomic E-state index is 13.8. The summed E-state index contributed by atoms with van der Waals surface area (Å²) in [7, 11) is -3.60. The molecule has 0 aromatic heterocycles. The van der Waals surface area contributed by atoms with Crippen molar-refractivity contribution in [3.63, 3.8) is 0 Å². The lowest BCUT2D eigenvalue weighted by molar-refractivity contribution is -0.287. The zero-order valence-electron chi connectivity index (χ0n) is 20.2. The molecular weight excluding hydrogens is 470 g/mol. The Bertz CT molecular complexity index is 1130. The van der Waals surface area contributed by atoms with Crippen molar-refractivity contribution in [1.82, 2.24) is 5.01 Å². The third-order valence-corrected chi connectivity index (χ3v) is 7.05. The number of aliphatic hydroxyl groups excluding tert-OH is 1. The van der Waals surface area contributed by atoms with Crippen LogP contribution in [0.4, 0.5) is 8.78 Å². The SMILES string of the molecule is CC(C)c1cc2c(c(C(C)C)c1CC(=O)N=S(N)(=O)C1=NN(C[C@@H](C)O)C(C)C1)OC(F)(F)O2. The maximum absolute atomic E-state index is 13.8. The molecule has 1 aromatic rings. The summed E-state index contributed by atoms with van der Waals surface area (Å²) >= 11 is 0. The van der Waals surface area contributed by atoms with E-state index in [0.29, 0.717) is 16.7 Å². The fourth-order valence-corrected chi connectivity index (χ4v) is 5.36. The summed E-state index contributed by atoms with van der Waals surface area (Å²) in [6.45, 7) is 11.0. The number of hydrogen-bond acceptors (Lipinski definition) is 7. The molecule has 0 bridgehead atoms. The van der Waals surface area contributed by atoms with E-state index in [-0.39, 0.29) is 53.8 Å². The first kappa shape index (κ1) is 26.3. The number of halogens is 2. The average molecular weight is 503 g/mol. The first-order valence-electron chi connectivity index (χ1n) is 11.2. The van der Waals surface area contributed by atoms with E-state index in [1.54, 1.807) is 25.8 Å². The zero-order chi connectivity index (χ0) is 25.6. The summed E-state index contributed by atoms with van der Waals surface area (Å²) in [5, 5.41) is 21.4. The average Bonchev–Trinajstić information content (AvgIpc) is 3.17. The van der Waals surface area contributed by atoms with Gasteiger partial charge in [-0.05, 0) is 42.9 Å². The molecule has 2 aliphatic heterocycles. The van der Waals surface area contributed by atoms with Gasteiger partial charge in [-0.25, -0.2) is 9.35 Å². The van der Waals surface area contributed by atoms with Crippen LogP contribution in [0.3, 0.4) is 0 Å². The second kappa shape index (κ2) is 9.38. The number of nitrogens with two attached hydrogens (primary N) is 1. The molecule has 1 aromatic carbocycles. The molecule has 3 rings (SSSR count). The number of ether oxygens (including phenoxy) is 2. The minimum Gasteiger partial charge on any atom is -0.395 e. The summed E-state index contributed by atoms with van der Waals surface area (Å²) in [5.41, 5.74) is 1.53. The maximum Gasteiger partial charge on any atom is 0.586 e. The topological polar surface area (TPSA) is 127 Å². The van der Waals surface area contributed by atoms with E-state index in [2.05, 4.69) is 14.2 Å². The number of fused-ring (bicyclic) bond motifs is 1. The van der Waals surface area contributed by atoms with Gasteiger partial charge in [0.1, 0.15) is 5.04 Å². The van der Waals surface area contributed by atoms with Crippen molar-refractivity contribution in [2.24, 2.45) is 14.6 Å². The largest absolute Gasteiger partial charge is 0.586 e. The minimum atomic E-state index is -3.80. The second-order valence-electron chi connectivity index (χ2n) is 9.41. The molecule has 9 nitrogen and oxygen atoms in total. The molecule has 2 aliphatic rings. The molecule has 0 saturated heterocycles. The third kappa shape index (κ3) is 5.49. The predicted octanol–water partition coefficient (Wildman–Crippen LogP) is 3.45. The summed E-state index contributed by atoms with van der Waals surface area (Å²) in [4.78, 5) is 12.9. The quantitative estimate of drug-likeness (QED) is 0.613. The van der Waals surface area contributed by atoms with E-state index in [1.807, 2.05) is 20.8 Å². The molecule has 0 fully saturated rings. The lowest BCUT2D eigenvalue weighted by atomic mass is 9.86. The number of alkyl halides is 2. The number of β-amino-alcohol motifs (C(OH)–C–C–N with tert-alkyl or cyclic N) is 1. The van der Waals surface area contributed by atoms with Gasteiger partial charge >= 0.3 is 6.29 Å². The van der Waals surface area contributed by atoms with Crippen LogP contribution in [0.15, 0.2) is 15.5 Å². The first-order valence-corrected chi connectivity index (χ1v) is 12.7. The molecular formula is C22H32F2N4O5S. The molecule has 3 atom stereocenters. The van der Waals surface area contributed by atoms with Gasteiger partial charge in [-0.15, -0.1) is 13.1 Å². The van der Waals surface area contributed by atoms with E-state index in [0.717, 1.165) is 0 Å². The molecule has 3 N–H and O–H groups in total. The number of nitrogens with zero attached hydrogens (tertiary/aromatic N) is 3. The van der Waals surface area contributed by atoms with Crippen LogP contribution in [0, 0.1) is 0 Å². The number of hydrogen-bond donors (Lipinski definition) is 2. The van der Waals surface area contributed by atoms with Gasteiger partial charge in [0, 0.05) is 12.0 Å². The molecule has 190 valence electrons. The lowest BCUT2D eigenvalue weighted by Crippen LogP contribution is -2.30. The molecule has 2 unspecified atom stereocenters. The van der Waals surface area contributed by atoms with Crippen molar-refractivity contribution in [3.05, 3.63) is 22.8 Å². The highest BCUT2D eigenvalue weighted by Gasteiger charge is 2.46. The van der Waals surface area contributed by atoms with Crippen molar-refractivity contribution in [3.8, 4) is 11.5 Å². The Morgan fingerprint density at radius 2 is 1.97 bits per heavy atom. The van der Waals surface area contributed by atoms with Crippen molar-refractivity contribution in [1.29, 1.82) is 0 Å². The van der Waals surface area contributed by atoms with Crippen molar-refractivity contribution in [2.45, 2.75) is 84.7 Å². The Hall–Kier alpha value is -2.31. The van der Waals surface area contributed by atoms with Crippen LogP contribution in [0.2, 0.25) is 0 Å². The molecule has 34 heavy (non-hydrogen) atoms. The fraction of sp³-hybridized carbons (Fsp3) is 0.636. The van der Waals surface area contributed by atoms with E-state index >= 15 is 0 Å². The van der Waals surface area contributed by atoms with Gasteiger partial charge in [-0.2, -0.15) is 5.10 Å². The van der Waals surface area contributed by atoms with E-state index in [9.17, 15) is 22.9 Å². The molecule has 0 radical (unpaired) electrons. The highest BCUT2D eigenvalue weighted by molar-refractivity contribution is 8.06. The van der Waals surface area contributed by atoms with E-state index in [1.165, 1.54) is 6.07 Å². The number of aliphatic hydroxyl groups is 1. The normalized spacial score (nSPS) is 21.6. The number of benzene rings is 1. The first-order chi connectivity index (χ1) is 15.6. The van der Waals surface area contributed by atoms with Gasteiger partial charge in [0.25, 0.3) is 5.91 Å². The molecule has 1 amide bonds. The van der Waals surface area contributed by atoms with Gasteiger partial charge < -0.3 is 14.6 Å². The van der Waals surface area contributed by atoms with Crippen molar-refractivity contribution in [2.75, 3.05) is 6.54 Å². The lowest BCUT2D eigenvalue weighted by Gasteiger charge is -2.20. The monoisotopic (exact) mass is 502 g/mol. The summed E-state index contributed by atoms with van der Waals surface area (Å²) in [6.07, 6.45) is -4.50. The Balaban J connectivity index is 1.99. The Morgan fingerprint density at radius 1 is 1.32 bits per heavy atom. The fourth-order valence-electron chi connectivity index (χ4n) is 4.19. The number of rotatable bonds is 6. The standard InChI is InChI=1S/C22H32F2N4O5S/c1-11(2)15-8-17-21(33-22(23,24)32-17)20(12(3)4)16(15)9-18(30)27-34(25,31)19-7-13(5)28(26-19)10-14(6)29/h8,11-14,29H,7,9-10H2,1-6H3,(H2,25,27,30,31)/t13?,14-,34?/m1/s1. The van der Waals surface area contributed by atoms with Gasteiger partial charge in [0.05, 0.1) is 25.1 Å². The van der Waals surface area contributed by atoms with Crippen LogP contribution >= 0.6 is 0 Å². The molecule has 2 heterocycles. The number of amides is 1. The van der Waals surface area contributed by atoms with Crippen LogP contribution in [-0.4, -0.2) is 50.3 Å². The Labute approximate surface area is 198 Å². The minimum absolute atomic E-state index is 0.0764.